The molecule has 3 aromatic rings. The quantitative estimate of drug-likeness (QED) is 0.672. The first-order valence-electron chi connectivity index (χ1n) is 9.71. The van der Waals surface area contributed by atoms with Gasteiger partial charge in [0.2, 0.25) is 5.91 Å². The van der Waals surface area contributed by atoms with Crippen LogP contribution in [0.5, 0.6) is 0 Å². The summed E-state index contributed by atoms with van der Waals surface area (Å²) >= 11 is 0. The van der Waals surface area contributed by atoms with E-state index in [4.69, 9.17) is 0 Å². The van der Waals surface area contributed by atoms with Crippen molar-refractivity contribution in [2.75, 3.05) is 6.54 Å². The Morgan fingerprint density at radius 2 is 1.72 bits per heavy atom. The molecule has 148 valence electrons. The highest BCUT2D eigenvalue weighted by molar-refractivity contribution is 5.91. The molecule has 0 bridgehead atoms. The van der Waals surface area contributed by atoms with Crippen LogP contribution in [0.15, 0.2) is 66.9 Å². The van der Waals surface area contributed by atoms with Gasteiger partial charge in [-0.2, -0.15) is 0 Å². The lowest BCUT2D eigenvalue weighted by molar-refractivity contribution is -0.128. The second-order valence-electron chi connectivity index (χ2n) is 7.32. The summed E-state index contributed by atoms with van der Waals surface area (Å²) in [4.78, 5) is 26.5. The molecule has 4 rings (SSSR count). The van der Waals surface area contributed by atoms with Gasteiger partial charge in [0.25, 0.3) is 5.91 Å². The molecule has 29 heavy (non-hydrogen) atoms. The van der Waals surface area contributed by atoms with Crippen LogP contribution in [0.1, 0.15) is 28.0 Å². The van der Waals surface area contributed by atoms with Gasteiger partial charge in [0.15, 0.2) is 5.69 Å². The van der Waals surface area contributed by atoms with Crippen LogP contribution in [-0.2, 0) is 24.4 Å². The maximum absolute atomic E-state index is 12.3. The molecule has 0 saturated carbocycles. The summed E-state index contributed by atoms with van der Waals surface area (Å²) in [6, 6.07) is 19.7. The number of nitrogens with zero attached hydrogens (tertiary/aromatic N) is 4. The third-order valence-corrected chi connectivity index (χ3v) is 5.02. The topological polar surface area (TPSA) is 80.1 Å². The standard InChI is InChI=1S/C22H23N5O2/c28-21-11-19(14-26(21)13-18-9-5-2-6-10-18)15-27-16-20(24-25-27)22(29)23-12-17-7-3-1-4-8-17/h1-10,16,19H,11-15H2,(H,23,29). The van der Waals surface area contributed by atoms with E-state index in [0.29, 0.717) is 32.6 Å². The molecule has 1 aliphatic rings. The summed E-state index contributed by atoms with van der Waals surface area (Å²) < 4.78 is 1.65. The zero-order chi connectivity index (χ0) is 20.1. The van der Waals surface area contributed by atoms with Gasteiger partial charge >= 0.3 is 0 Å². The number of carbonyl (C=O) groups is 2. The van der Waals surface area contributed by atoms with Gasteiger partial charge in [-0.25, -0.2) is 0 Å². The molecular formula is C22H23N5O2. The zero-order valence-electron chi connectivity index (χ0n) is 16.1. The van der Waals surface area contributed by atoms with Crippen molar-refractivity contribution in [3.63, 3.8) is 0 Å². The zero-order valence-corrected chi connectivity index (χ0v) is 16.1. The van der Waals surface area contributed by atoms with Crippen LogP contribution in [0.4, 0.5) is 0 Å². The number of amides is 2. The summed E-state index contributed by atoms with van der Waals surface area (Å²) in [5.74, 6) is 0.0567. The number of rotatable bonds is 7. The van der Waals surface area contributed by atoms with Crippen LogP contribution in [-0.4, -0.2) is 38.3 Å². The third kappa shape index (κ3) is 4.87. The second kappa shape index (κ2) is 8.68. The minimum atomic E-state index is -0.256. The van der Waals surface area contributed by atoms with Crippen molar-refractivity contribution in [1.82, 2.24) is 25.2 Å². The first-order valence-corrected chi connectivity index (χ1v) is 9.71. The van der Waals surface area contributed by atoms with Gasteiger partial charge in [0.05, 0.1) is 6.20 Å². The fourth-order valence-corrected chi connectivity index (χ4v) is 3.56. The fraction of sp³-hybridized carbons (Fsp3) is 0.273. The summed E-state index contributed by atoms with van der Waals surface area (Å²) in [6.07, 6.45) is 2.13. The molecule has 0 aliphatic carbocycles. The molecule has 0 radical (unpaired) electrons. The molecule has 0 spiro atoms. The normalized spacial score (nSPS) is 16.2. The Balaban J connectivity index is 1.30. The van der Waals surface area contributed by atoms with E-state index in [1.54, 1.807) is 10.9 Å². The number of hydrogen-bond acceptors (Lipinski definition) is 4. The number of carbonyl (C=O) groups excluding carboxylic acids is 2. The molecule has 1 saturated heterocycles. The molecule has 2 aromatic carbocycles. The van der Waals surface area contributed by atoms with E-state index in [1.807, 2.05) is 65.6 Å². The lowest BCUT2D eigenvalue weighted by Crippen LogP contribution is -2.25. The minimum Gasteiger partial charge on any atom is -0.347 e. The highest BCUT2D eigenvalue weighted by Crippen LogP contribution is 2.21. The molecule has 2 amide bonds. The predicted molar refractivity (Wildman–Crippen MR) is 108 cm³/mol. The highest BCUT2D eigenvalue weighted by Gasteiger charge is 2.30. The Morgan fingerprint density at radius 1 is 1.03 bits per heavy atom. The van der Waals surface area contributed by atoms with Crippen molar-refractivity contribution in [2.24, 2.45) is 5.92 Å². The van der Waals surface area contributed by atoms with Crippen molar-refractivity contribution in [1.29, 1.82) is 0 Å². The second-order valence-corrected chi connectivity index (χ2v) is 7.32. The third-order valence-electron chi connectivity index (χ3n) is 5.02. The predicted octanol–water partition coefficient (Wildman–Crippen LogP) is 2.26. The Hall–Kier alpha value is -3.48. The van der Waals surface area contributed by atoms with Crippen molar-refractivity contribution in [3.8, 4) is 0 Å². The van der Waals surface area contributed by atoms with E-state index in [2.05, 4.69) is 15.6 Å². The van der Waals surface area contributed by atoms with Gasteiger partial charge in [0.1, 0.15) is 0 Å². The van der Waals surface area contributed by atoms with Crippen LogP contribution in [0.3, 0.4) is 0 Å². The largest absolute Gasteiger partial charge is 0.347 e. The molecule has 1 aromatic heterocycles. The molecule has 7 heteroatoms. The maximum Gasteiger partial charge on any atom is 0.273 e. The highest BCUT2D eigenvalue weighted by atomic mass is 16.2. The Bertz CT molecular complexity index is 971. The van der Waals surface area contributed by atoms with E-state index in [-0.39, 0.29) is 23.4 Å². The molecule has 1 aliphatic heterocycles. The Labute approximate surface area is 169 Å². The average molecular weight is 389 g/mol. The van der Waals surface area contributed by atoms with Gasteiger partial charge in [0, 0.05) is 38.5 Å². The van der Waals surface area contributed by atoms with Gasteiger partial charge in [-0.15, -0.1) is 5.10 Å². The first-order chi connectivity index (χ1) is 14.2. The number of likely N-dealkylation sites (tertiary alicyclic amines) is 1. The molecule has 2 heterocycles. The van der Waals surface area contributed by atoms with Crippen LogP contribution >= 0.6 is 0 Å². The lowest BCUT2D eigenvalue weighted by Gasteiger charge is -2.16. The number of aromatic nitrogens is 3. The van der Waals surface area contributed by atoms with E-state index in [9.17, 15) is 9.59 Å². The lowest BCUT2D eigenvalue weighted by atomic mass is 10.1. The Kier molecular flexibility index (Phi) is 5.65. The molecular weight excluding hydrogens is 366 g/mol. The van der Waals surface area contributed by atoms with E-state index >= 15 is 0 Å². The Morgan fingerprint density at radius 3 is 2.45 bits per heavy atom. The SMILES string of the molecule is O=C(NCc1ccccc1)c1cn(CC2CC(=O)N(Cc3ccccc3)C2)nn1. The van der Waals surface area contributed by atoms with Crippen LogP contribution < -0.4 is 5.32 Å². The molecule has 7 nitrogen and oxygen atoms in total. The number of benzene rings is 2. The molecule has 1 unspecified atom stereocenters. The molecule has 1 fully saturated rings. The maximum atomic E-state index is 12.3. The summed E-state index contributed by atoms with van der Waals surface area (Å²) in [5.41, 5.74) is 2.43. The van der Waals surface area contributed by atoms with E-state index < -0.39 is 0 Å². The summed E-state index contributed by atoms with van der Waals surface area (Å²) in [7, 11) is 0. The molecule has 1 atom stereocenters. The minimum absolute atomic E-state index is 0.153. The van der Waals surface area contributed by atoms with Gasteiger partial charge in [-0.05, 0) is 11.1 Å². The van der Waals surface area contributed by atoms with Crippen molar-refractivity contribution in [2.45, 2.75) is 26.1 Å². The average Bonchev–Trinajstić information content (AvgIpc) is 3.34. The van der Waals surface area contributed by atoms with Crippen molar-refractivity contribution in [3.05, 3.63) is 83.7 Å². The van der Waals surface area contributed by atoms with Gasteiger partial charge < -0.3 is 10.2 Å². The van der Waals surface area contributed by atoms with Crippen molar-refractivity contribution < 1.29 is 9.59 Å². The van der Waals surface area contributed by atoms with Gasteiger partial charge in [-0.1, -0.05) is 65.9 Å². The number of nitrogens with one attached hydrogen (secondary N) is 1. The first kappa shape index (κ1) is 18.9. The van der Waals surface area contributed by atoms with E-state index in [1.165, 1.54) is 0 Å². The molecule has 1 N–H and O–H groups in total. The van der Waals surface area contributed by atoms with Crippen LogP contribution in [0, 0.1) is 5.92 Å². The van der Waals surface area contributed by atoms with E-state index in [0.717, 1.165) is 11.1 Å². The van der Waals surface area contributed by atoms with Crippen LogP contribution in [0.2, 0.25) is 0 Å². The van der Waals surface area contributed by atoms with Crippen LogP contribution in [0.25, 0.3) is 0 Å². The smallest absolute Gasteiger partial charge is 0.273 e. The summed E-state index contributed by atoms with van der Waals surface area (Å²) in [5, 5.41) is 10.9. The fourth-order valence-electron chi connectivity index (χ4n) is 3.56. The summed E-state index contributed by atoms with van der Waals surface area (Å²) in [6.45, 7) is 2.32. The number of hydrogen-bond donors (Lipinski definition) is 1. The van der Waals surface area contributed by atoms with Crippen molar-refractivity contribution >= 4 is 11.8 Å². The monoisotopic (exact) mass is 389 g/mol. The van der Waals surface area contributed by atoms with Gasteiger partial charge in [-0.3, -0.25) is 14.3 Å².